The molecule has 2 rings (SSSR count). The lowest BCUT2D eigenvalue weighted by Gasteiger charge is -2.28. The quantitative estimate of drug-likeness (QED) is 0.907. The van der Waals surface area contributed by atoms with Gasteiger partial charge in [-0.1, -0.05) is 32.9 Å². The van der Waals surface area contributed by atoms with Crippen LogP contribution < -0.4 is 5.32 Å². The van der Waals surface area contributed by atoms with E-state index < -0.39 is 5.41 Å². The smallest absolute Gasteiger partial charge is 0.255 e. The number of piperidine rings is 1. The summed E-state index contributed by atoms with van der Waals surface area (Å²) in [6, 6.07) is 7.26. The van der Waals surface area contributed by atoms with Crippen LogP contribution in [0.25, 0.3) is 0 Å². The maximum absolute atomic E-state index is 12.6. The summed E-state index contributed by atoms with van der Waals surface area (Å²) >= 11 is 0. The Bertz CT molecular complexity index is 526. The van der Waals surface area contributed by atoms with Crippen LogP contribution in [0.4, 0.5) is 5.69 Å². The highest BCUT2D eigenvalue weighted by molar-refractivity contribution is 6.04. The number of hydrogen-bond donors (Lipinski definition) is 1. The normalized spacial score (nSPS) is 15.7. The zero-order chi connectivity index (χ0) is 15.5. The third-order valence-corrected chi connectivity index (χ3v) is 3.73. The van der Waals surface area contributed by atoms with E-state index in [0.29, 0.717) is 11.3 Å². The fourth-order valence-electron chi connectivity index (χ4n) is 2.36. The molecule has 0 saturated carbocycles. The lowest BCUT2D eigenvalue weighted by Crippen LogP contribution is -2.36. The van der Waals surface area contributed by atoms with Crippen molar-refractivity contribution < 1.29 is 9.59 Å². The van der Waals surface area contributed by atoms with Crippen molar-refractivity contribution in [1.29, 1.82) is 0 Å². The van der Waals surface area contributed by atoms with Crippen LogP contribution in [-0.2, 0) is 4.79 Å². The Kier molecular flexibility index (Phi) is 4.66. The average molecular weight is 288 g/mol. The van der Waals surface area contributed by atoms with Crippen LogP contribution in [0.3, 0.4) is 0 Å². The topological polar surface area (TPSA) is 49.4 Å². The van der Waals surface area contributed by atoms with Gasteiger partial charge in [-0.3, -0.25) is 9.59 Å². The SMILES string of the molecule is CC(C)(C)C(=O)Nc1ccccc1C(=O)N1CCCCC1. The van der Waals surface area contributed by atoms with Crippen molar-refractivity contribution in [2.75, 3.05) is 18.4 Å². The summed E-state index contributed by atoms with van der Waals surface area (Å²) in [6.45, 7) is 7.19. The Morgan fingerprint density at radius 1 is 1.05 bits per heavy atom. The predicted octanol–water partition coefficient (Wildman–Crippen LogP) is 3.30. The molecule has 0 unspecified atom stereocenters. The first-order chi connectivity index (χ1) is 9.89. The summed E-state index contributed by atoms with van der Waals surface area (Å²) in [5, 5.41) is 2.88. The van der Waals surface area contributed by atoms with Gasteiger partial charge in [0.2, 0.25) is 5.91 Å². The maximum Gasteiger partial charge on any atom is 0.255 e. The van der Waals surface area contributed by atoms with Crippen LogP contribution >= 0.6 is 0 Å². The molecule has 114 valence electrons. The number of rotatable bonds is 2. The molecule has 0 atom stereocenters. The number of carbonyl (C=O) groups excluding carboxylic acids is 2. The molecule has 4 nitrogen and oxygen atoms in total. The van der Waals surface area contributed by atoms with Crippen LogP contribution in [0.15, 0.2) is 24.3 Å². The van der Waals surface area contributed by atoms with Crippen LogP contribution in [0.2, 0.25) is 0 Å². The van der Waals surface area contributed by atoms with Crippen molar-refractivity contribution in [3.63, 3.8) is 0 Å². The number of amides is 2. The third kappa shape index (κ3) is 3.84. The van der Waals surface area contributed by atoms with Crippen LogP contribution in [0, 0.1) is 5.41 Å². The van der Waals surface area contributed by atoms with Crippen molar-refractivity contribution in [1.82, 2.24) is 4.90 Å². The molecule has 21 heavy (non-hydrogen) atoms. The van der Waals surface area contributed by atoms with Gasteiger partial charge in [0.25, 0.3) is 5.91 Å². The molecule has 0 bridgehead atoms. The number of benzene rings is 1. The first-order valence-electron chi connectivity index (χ1n) is 7.59. The van der Waals surface area contributed by atoms with Gasteiger partial charge in [0.05, 0.1) is 11.3 Å². The summed E-state index contributed by atoms with van der Waals surface area (Å²) in [5.74, 6) is -0.0686. The molecule has 0 aliphatic carbocycles. The Morgan fingerprint density at radius 2 is 1.67 bits per heavy atom. The zero-order valence-corrected chi connectivity index (χ0v) is 13.1. The van der Waals surface area contributed by atoms with Gasteiger partial charge in [-0.2, -0.15) is 0 Å². The van der Waals surface area contributed by atoms with Crippen molar-refractivity contribution in [2.45, 2.75) is 40.0 Å². The largest absolute Gasteiger partial charge is 0.339 e. The first kappa shape index (κ1) is 15.5. The van der Waals surface area contributed by atoms with E-state index in [9.17, 15) is 9.59 Å². The number of anilines is 1. The highest BCUT2D eigenvalue weighted by atomic mass is 16.2. The van der Waals surface area contributed by atoms with Crippen molar-refractivity contribution in [3.8, 4) is 0 Å². The van der Waals surface area contributed by atoms with Crippen molar-refractivity contribution in [3.05, 3.63) is 29.8 Å². The molecule has 1 heterocycles. The van der Waals surface area contributed by atoms with E-state index in [4.69, 9.17) is 0 Å². The number of likely N-dealkylation sites (tertiary alicyclic amines) is 1. The van der Waals surface area contributed by atoms with E-state index in [-0.39, 0.29) is 11.8 Å². The lowest BCUT2D eigenvalue weighted by molar-refractivity contribution is -0.123. The molecule has 2 amide bonds. The van der Waals surface area contributed by atoms with Crippen LogP contribution in [0.5, 0.6) is 0 Å². The second kappa shape index (κ2) is 6.29. The minimum absolute atomic E-state index is 0.0134. The average Bonchev–Trinajstić information content (AvgIpc) is 2.47. The molecule has 1 N–H and O–H groups in total. The van der Waals surface area contributed by atoms with E-state index in [2.05, 4.69) is 5.32 Å². The Balaban J connectivity index is 2.20. The predicted molar refractivity (Wildman–Crippen MR) is 84.3 cm³/mol. The van der Waals surface area contributed by atoms with Gasteiger partial charge in [0, 0.05) is 18.5 Å². The molecule has 1 fully saturated rings. The van der Waals surface area contributed by atoms with E-state index >= 15 is 0 Å². The van der Waals surface area contributed by atoms with Gasteiger partial charge in [0.1, 0.15) is 0 Å². The van der Waals surface area contributed by atoms with Gasteiger partial charge < -0.3 is 10.2 Å². The van der Waals surface area contributed by atoms with Crippen molar-refractivity contribution >= 4 is 17.5 Å². The second-order valence-electron chi connectivity index (χ2n) is 6.60. The summed E-state index contributed by atoms with van der Waals surface area (Å²) < 4.78 is 0. The molecule has 4 heteroatoms. The molecule has 0 radical (unpaired) electrons. The first-order valence-corrected chi connectivity index (χ1v) is 7.59. The highest BCUT2D eigenvalue weighted by Gasteiger charge is 2.25. The standard InChI is InChI=1S/C17H24N2O2/c1-17(2,3)16(21)18-14-10-6-5-9-13(14)15(20)19-11-7-4-8-12-19/h5-6,9-10H,4,7-8,11-12H2,1-3H3,(H,18,21). The number of nitrogens with zero attached hydrogens (tertiary/aromatic N) is 1. The Labute approximate surface area is 126 Å². The van der Waals surface area contributed by atoms with Crippen LogP contribution in [-0.4, -0.2) is 29.8 Å². The minimum Gasteiger partial charge on any atom is -0.339 e. The molecule has 1 aromatic carbocycles. The van der Waals surface area contributed by atoms with E-state index in [1.165, 1.54) is 6.42 Å². The molecule has 1 aliphatic rings. The lowest BCUT2D eigenvalue weighted by atomic mass is 9.95. The summed E-state index contributed by atoms with van der Waals surface area (Å²) in [5.41, 5.74) is 0.700. The molecular formula is C17H24N2O2. The van der Waals surface area contributed by atoms with E-state index in [1.54, 1.807) is 12.1 Å². The second-order valence-corrected chi connectivity index (χ2v) is 6.60. The molecule has 0 spiro atoms. The van der Waals surface area contributed by atoms with Crippen LogP contribution in [0.1, 0.15) is 50.4 Å². The zero-order valence-electron chi connectivity index (χ0n) is 13.1. The van der Waals surface area contributed by atoms with Gasteiger partial charge in [-0.15, -0.1) is 0 Å². The molecule has 0 aromatic heterocycles. The number of hydrogen-bond acceptors (Lipinski definition) is 2. The third-order valence-electron chi connectivity index (χ3n) is 3.73. The van der Waals surface area contributed by atoms with Crippen molar-refractivity contribution in [2.24, 2.45) is 5.41 Å². The monoisotopic (exact) mass is 288 g/mol. The van der Waals surface area contributed by atoms with Gasteiger partial charge >= 0.3 is 0 Å². The summed E-state index contributed by atoms with van der Waals surface area (Å²) in [7, 11) is 0. The van der Waals surface area contributed by atoms with E-state index in [0.717, 1.165) is 25.9 Å². The highest BCUT2D eigenvalue weighted by Crippen LogP contribution is 2.23. The van der Waals surface area contributed by atoms with Gasteiger partial charge in [-0.05, 0) is 31.4 Å². The Hall–Kier alpha value is -1.84. The number of nitrogens with one attached hydrogen (secondary N) is 1. The van der Waals surface area contributed by atoms with Gasteiger partial charge in [0.15, 0.2) is 0 Å². The number of carbonyl (C=O) groups is 2. The summed E-state index contributed by atoms with van der Waals surface area (Å²) in [4.78, 5) is 26.7. The summed E-state index contributed by atoms with van der Waals surface area (Å²) in [6.07, 6.45) is 3.30. The van der Waals surface area contributed by atoms with Gasteiger partial charge in [-0.25, -0.2) is 0 Å². The Morgan fingerprint density at radius 3 is 2.29 bits per heavy atom. The minimum atomic E-state index is -0.485. The molecule has 1 aliphatic heterocycles. The molecular weight excluding hydrogens is 264 g/mol. The fourth-order valence-corrected chi connectivity index (χ4v) is 2.36. The molecule has 1 saturated heterocycles. The van der Waals surface area contributed by atoms with E-state index in [1.807, 2.05) is 37.8 Å². The number of para-hydroxylation sites is 1. The maximum atomic E-state index is 12.6. The fraction of sp³-hybridized carbons (Fsp3) is 0.529. The molecule has 1 aromatic rings.